The first kappa shape index (κ1) is 30.5. The summed E-state index contributed by atoms with van der Waals surface area (Å²) in [4.78, 5) is 0. The minimum atomic E-state index is 0.196. The fraction of sp³-hybridized carbons (Fsp3) is 0. The number of furan rings is 1. The Morgan fingerprint density at radius 1 is 0.320 bits per heavy atom. The number of hydrogen-bond acceptors (Lipinski definition) is 1. The molecule has 1 nitrogen and oxygen atoms in total. The molecule has 0 atom stereocenters. The summed E-state index contributed by atoms with van der Waals surface area (Å²) >= 11 is 0. The van der Waals surface area contributed by atoms with Crippen LogP contribution in [0.25, 0.3) is 88.0 Å². The average molecular weight is 622 g/mol. The summed E-state index contributed by atoms with van der Waals surface area (Å²) in [7, 11) is 32.3. The molecule has 0 aliphatic rings. The quantitative estimate of drug-likeness (QED) is 0.161. The summed E-state index contributed by atoms with van der Waals surface area (Å²) in [6, 6.07) is 48.4. The molecular weight excluding hydrogens is 599 g/mol. The largest absolute Gasteiger partial charge is 0.455 e. The van der Waals surface area contributed by atoms with Crippen molar-refractivity contribution in [1.29, 1.82) is 0 Å². The maximum Gasteiger partial charge on any atom is 0.143 e. The van der Waals surface area contributed by atoms with Crippen LogP contribution in [0.2, 0.25) is 0 Å². The summed E-state index contributed by atoms with van der Waals surface area (Å²) < 4.78 is 6.62. The molecule has 9 aromatic rings. The van der Waals surface area contributed by atoms with Gasteiger partial charge in [-0.1, -0.05) is 132 Å². The van der Waals surface area contributed by atoms with E-state index in [0.717, 1.165) is 76.9 Å². The third-order valence-electron chi connectivity index (χ3n) is 9.95. The molecule has 0 N–H and O–H groups in total. The Hall–Kier alpha value is -5.60. The maximum absolute atomic E-state index is 6.66. The standard InChI is InChI=1S/C44H23B5O/c45-39-38(40(46)42(48)43(49)41(39)47)37-31-16-6-4-14-29(31)36(30-15-5-7-17-32(30)37)27-20-21-35-34(23-27)33-19-9-18-28(44(33)50-35)26-13-8-12-25(22-26)24-10-2-1-3-11-24/h1-23H. The van der Waals surface area contributed by atoms with Crippen LogP contribution >= 0.6 is 0 Å². The van der Waals surface area contributed by atoms with Gasteiger partial charge in [0.05, 0.1) is 0 Å². The van der Waals surface area contributed by atoms with E-state index in [4.69, 9.17) is 43.6 Å². The van der Waals surface area contributed by atoms with Gasteiger partial charge in [0.2, 0.25) is 0 Å². The summed E-state index contributed by atoms with van der Waals surface area (Å²) in [6.07, 6.45) is 0. The Morgan fingerprint density at radius 2 is 0.840 bits per heavy atom. The maximum atomic E-state index is 6.66. The van der Waals surface area contributed by atoms with E-state index >= 15 is 0 Å². The highest BCUT2D eigenvalue weighted by Gasteiger charge is 2.21. The van der Waals surface area contributed by atoms with Crippen LogP contribution < -0.4 is 27.3 Å². The highest BCUT2D eigenvalue weighted by atomic mass is 16.3. The second kappa shape index (κ2) is 11.8. The number of rotatable bonds is 4. The summed E-state index contributed by atoms with van der Waals surface area (Å²) in [6.45, 7) is 0. The molecular formula is C44H23B5O. The lowest BCUT2D eigenvalue weighted by Gasteiger charge is -2.25. The first-order valence-electron chi connectivity index (χ1n) is 16.5. The molecule has 0 spiro atoms. The minimum absolute atomic E-state index is 0.196. The van der Waals surface area contributed by atoms with E-state index in [2.05, 4.69) is 109 Å². The third kappa shape index (κ3) is 4.62. The van der Waals surface area contributed by atoms with Gasteiger partial charge in [-0.25, -0.2) is 0 Å². The number of hydrogen-bond donors (Lipinski definition) is 0. The van der Waals surface area contributed by atoms with Crippen LogP contribution in [0.3, 0.4) is 0 Å². The van der Waals surface area contributed by atoms with Crippen molar-refractivity contribution in [3.8, 4) is 44.5 Å². The zero-order valence-electron chi connectivity index (χ0n) is 27.1. The van der Waals surface area contributed by atoms with Crippen LogP contribution in [0.15, 0.2) is 144 Å². The van der Waals surface area contributed by atoms with E-state index in [1.54, 1.807) is 0 Å². The fourth-order valence-electron chi connectivity index (χ4n) is 7.51. The van der Waals surface area contributed by atoms with Crippen molar-refractivity contribution < 1.29 is 4.42 Å². The normalized spacial score (nSPS) is 11.6. The smallest absolute Gasteiger partial charge is 0.143 e. The zero-order chi connectivity index (χ0) is 34.1. The third-order valence-corrected chi connectivity index (χ3v) is 9.95. The molecule has 1 heterocycles. The number of para-hydroxylation sites is 1. The molecule has 0 aliphatic carbocycles. The molecule has 220 valence electrons. The van der Waals surface area contributed by atoms with Gasteiger partial charge >= 0.3 is 0 Å². The van der Waals surface area contributed by atoms with Crippen molar-refractivity contribution in [2.75, 3.05) is 0 Å². The highest BCUT2D eigenvalue weighted by molar-refractivity contribution is 6.69. The monoisotopic (exact) mass is 622 g/mol. The SMILES string of the molecule is [B]c1c([B])c([B])c(-c2c3ccccc3c(-c3ccc4oc5c(-c6cccc(-c7ccccc7)c6)cccc5c4c3)c3ccccc23)c([B])c1[B]. The van der Waals surface area contributed by atoms with Crippen molar-refractivity contribution in [2.24, 2.45) is 0 Å². The van der Waals surface area contributed by atoms with Crippen LogP contribution in [0.5, 0.6) is 0 Å². The van der Waals surface area contributed by atoms with E-state index in [-0.39, 0.29) is 16.4 Å². The van der Waals surface area contributed by atoms with Crippen LogP contribution in [0.4, 0.5) is 0 Å². The summed E-state index contributed by atoms with van der Waals surface area (Å²) in [5.41, 5.74) is 11.1. The van der Waals surface area contributed by atoms with Crippen molar-refractivity contribution in [2.45, 2.75) is 0 Å². The molecule has 9 rings (SSSR count). The molecule has 0 aliphatic heterocycles. The van der Waals surface area contributed by atoms with E-state index in [0.29, 0.717) is 16.5 Å². The molecule has 50 heavy (non-hydrogen) atoms. The lowest BCUT2D eigenvalue weighted by Crippen LogP contribution is -2.55. The van der Waals surface area contributed by atoms with Crippen LogP contribution in [-0.2, 0) is 0 Å². The summed E-state index contributed by atoms with van der Waals surface area (Å²) in [5.74, 6) is 0. The predicted molar refractivity (Wildman–Crippen MR) is 217 cm³/mol. The van der Waals surface area contributed by atoms with Gasteiger partial charge < -0.3 is 4.42 Å². The van der Waals surface area contributed by atoms with Crippen LogP contribution in [-0.4, -0.2) is 39.2 Å². The minimum Gasteiger partial charge on any atom is -0.455 e. The van der Waals surface area contributed by atoms with Crippen LogP contribution in [0.1, 0.15) is 0 Å². The van der Waals surface area contributed by atoms with Gasteiger partial charge in [-0.2, -0.15) is 0 Å². The first-order valence-corrected chi connectivity index (χ1v) is 16.5. The van der Waals surface area contributed by atoms with Gasteiger partial charge in [-0.05, 0) is 78.7 Å². The van der Waals surface area contributed by atoms with Crippen molar-refractivity contribution in [3.63, 3.8) is 0 Å². The molecule has 0 saturated carbocycles. The van der Waals surface area contributed by atoms with Crippen molar-refractivity contribution in [3.05, 3.63) is 140 Å². The Labute approximate surface area is 297 Å². The fourth-order valence-corrected chi connectivity index (χ4v) is 7.51. The molecule has 0 fully saturated rings. The molecule has 6 heteroatoms. The van der Waals surface area contributed by atoms with E-state index in [9.17, 15) is 0 Å². The van der Waals surface area contributed by atoms with Gasteiger partial charge in [0.1, 0.15) is 50.4 Å². The molecule has 0 bridgehead atoms. The van der Waals surface area contributed by atoms with Crippen molar-refractivity contribution >= 4 is 110 Å². The lowest BCUT2D eigenvalue weighted by molar-refractivity contribution is 0.670. The van der Waals surface area contributed by atoms with Gasteiger partial charge in [0.25, 0.3) is 0 Å². The Bertz CT molecular complexity index is 2730. The Balaban J connectivity index is 1.28. The van der Waals surface area contributed by atoms with E-state index in [1.807, 2.05) is 30.3 Å². The van der Waals surface area contributed by atoms with Gasteiger partial charge in [-0.15, -0.1) is 16.4 Å². The van der Waals surface area contributed by atoms with Gasteiger partial charge in [0, 0.05) is 16.3 Å². The topological polar surface area (TPSA) is 13.1 Å². The molecule has 1 aromatic heterocycles. The molecule has 0 amide bonds. The molecule has 0 saturated heterocycles. The first-order chi connectivity index (χ1) is 24.4. The number of fused-ring (bicyclic) bond motifs is 5. The Morgan fingerprint density at radius 3 is 1.50 bits per heavy atom. The second-order valence-corrected chi connectivity index (χ2v) is 12.7. The van der Waals surface area contributed by atoms with Crippen LogP contribution in [0, 0.1) is 0 Å². The average Bonchev–Trinajstić information content (AvgIpc) is 3.55. The van der Waals surface area contributed by atoms with E-state index < -0.39 is 0 Å². The molecule has 10 radical (unpaired) electrons. The predicted octanol–water partition coefficient (Wildman–Crippen LogP) is 6.53. The Kier molecular flexibility index (Phi) is 7.18. The van der Waals surface area contributed by atoms with Crippen molar-refractivity contribution in [1.82, 2.24) is 0 Å². The highest BCUT2D eigenvalue weighted by Crippen LogP contribution is 2.44. The molecule has 8 aromatic carbocycles. The van der Waals surface area contributed by atoms with E-state index in [1.165, 1.54) is 5.56 Å². The van der Waals surface area contributed by atoms with Gasteiger partial charge in [-0.3, -0.25) is 0 Å². The summed E-state index contributed by atoms with van der Waals surface area (Å²) in [5, 5.41) is 6.13. The number of benzene rings is 8. The zero-order valence-corrected chi connectivity index (χ0v) is 27.1. The molecule has 0 unspecified atom stereocenters. The lowest BCUT2D eigenvalue weighted by atomic mass is 9.59. The van der Waals surface area contributed by atoms with Gasteiger partial charge in [0.15, 0.2) is 0 Å². The second-order valence-electron chi connectivity index (χ2n) is 12.7.